The number of aromatic nitrogens is 1. The standard InChI is InChI=1S/C17H21FN2/c1-3-19-17-12-7-5-4-6-8-14(12)20-16-11(2)9-10-13(18)15(16)17/h9-10H,3-8H2,1-2H3,(H,19,20). The topological polar surface area (TPSA) is 24.9 Å². The second-order valence-corrected chi connectivity index (χ2v) is 5.59. The lowest BCUT2D eigenvalue weighted by Gasteiger charge is -2.17. The third-order valence-electron chi connectivity index (χ3n) is 4.17. The highest BCUT2D eigenvalue weighted by Gasteiger charge is 2.19. The van der Waals surface area contributed by atoms with E-state index in [0.29, 0.717) is 5.39 Å². The first-order valence-electron chi connectivity index (χ1n) is 7.56. The smallest absolute Gasteiger partial charge is 0.134 e. The van der Waals surface area contributed by atoms with Gasteiger partial charge in [-0.05, 0) is 56.7 Å². The summed E-state index contributed by atoms with van der Waals surface area (Å²) in [6.07, 6.45) is 5.62. The molecule has 1 heterocycles. The molecule has 0 radical (unpaired) electrons. The van der Waals surface area contributed by atoms with Crippen LogP contribution in [0.4, 0.5) is 10.1 Å². The predicted molar refractivity (Wildman–Crippen MR) is 81.9 cm³/mol. The Morgan fingerprint density at radius 2 is 2.00 bits per heavy atom. The van der Waals surface area contributed by atoms with Crippen LogP contribution in [0.25, 0.3) is 10.9 Å². The summed E-state index contributed by atoms with van der Waals surface area (Å²) in [6, 6.07) is 3.38. The molecular formula is C17H21FN2. The van der Waals surface area contributed by atoms with Crippen molar-refractivity contribution in [3.63, 3.8) is 0 Å². The van der Waals surface area contributed by atoms with Crippen LogP contribution in [0.3, 0.4) is 0 Å². The molecule has 1 aromatic carbocycles. The molecule has 0 aliphatic heterocycles. The molecule has 1 aliphatic carbocycles. The number of anilines is 1. The molecule has 0 atom stereocenters. The summed E-state index contributed by atoms with van der Waals surface area (Å²) >= 11 is 0. The summed E-state index contributed by atoms with van der Waals surface area (Å²) in [4.78, 5) is 4.80. The van der Waals surface area contributed by atoms with Gasteiger partial charge in [0.15, 0.2) is 0 Å². The van der Waals surface area contributed by atoms with Crippen LogP contribution in [-0.4, -0.2) is 11.5 Å². The number of fused-ring (bicyclic) bond motifs is 2. The molecule has 106 valence electrons. The van der Waals surface area contributed by atoms with Gasteiger partial charge in [0.1, 0.15) is 5.82 Å². The molecule has 1 aromatic heterocycles. The van der Waals surface area contributed by atoms with Gasteiger partial charge in [-0.2, -0.15) is 0 Å². The average molecular weight is 272 g/mol. The van der Waals surface area contributed by atoms with Gasteiger partial charge in [-0.3, -0.25) is 4.98 Å². The number of rotatable bonds is 2. The number of pyridine rings is 1. The van der Waals surface area contributed by atoms with Crippen LogP contribution in [0.15, 0.2) is 12.1 Å². The van der Waals surface area contributed by atoms with Crippen molar-refractivity contribution in [1.29, 1.82) is 0 Å². The minimum absolute atomic E-state index is 0.166. The summed E-state index contributed by atoms with van der Waals surface area (Å²) in [6.45, 7) is 4.87. The van der Waals surface area contributed by atoms with E-state index in [0.717, 1.165) is 36.2 Å². The number of aryl methyl sites for hydroxylation is 2. The Hall–Kier alpha value is -1.64. The lowest BCUT2D eigenvalue weighted by molar-refractivity contribution is 0.639. The first-order valence-corrected chi connectivity index (χ1v) is 7.56. The van der Waals surface area contributed by atoms with Crippen LogP contribution in [0, 0.1) is 12.7 Å². The van der Waals surface area contributed by atoms with Crippen LogP contribution in [0.1, 0.15) is 43.0 Å². The number of benzene rings is 1. The quantitative estimate of drug-likeness (QED) is 0.820. The third-order valence-corrected chi connectivity index (χ3v) is 4.17. The summed E-state index contributed by atoms with van der Waals surface area (Å²) in [5, 5.41) is 4.07. The van der Waals surface area contributed by atoms with Gasteiger partial charge in [0, 0.05) is 12.2 Å². The van der Waals surface area contributed by atoms with Crippen LogP contribution < -0.4 is 5.32 Å². The highest BCUT2D eigenvalue weighted by molar-refractivity contribution is 5.95. The molecule has 1 N–H and O–H groups in total. The fourth-order valence-electron chi connectivity index (χ4n) is 3.17. The van der Waals surface area contributed by atoms with Gasteiger partial charge >= 0.3 is 0 Å². The zero-order valence-electron chi connectivity index (χ0n) is 12.2. The Kier molecular flexibility index (Phi) is 3.60. The first kappa shape index (κ1) is 13.3. The van der Waals surface area contributed by atoms with E-state index >= 15 is 0 Å². The summed E-state index contributed by atoms with van der Waals surface area (Å²) in [7, 11) is 0. The zero-order valence-corrected chi connectivity index (χ0v) is 12.2. The van der Waals surface area contributed by atoms with Crippen LogP contribution in [-0.2, 0) is 12.8 Å². The van der Waals surface area contributed by atoms with E-state index in [1.54, 1.807) is 6.07 Å². The van der Waals surface area contributed by atoms with E-state index in [-0.39, 0.29) is 5.82 Å². The first-order chi connectivity index (χ1) is 9.72. The Morgan fingerprint density at radius 3 is 2.80 bits per heavy atom. The number of nitrogens with zero attached hydrogens (tertiary/aromatic N) is 1. The van der Waals surface area contributed by atoms with Crippen LogP contribution >= 0.6 is 0 Å². The van der Waals surface area contributed by atoms with E-state index < -0.39 is 0 Å². The number of nitrogens with one attached hydrogen (secondary N) is 1. The van der Waals surface area contributed by atoms with E-state index in [2.05, 4.69) is 12.2 Å². The van der Waals surface area contributed by atoms with Crippen molar-refractivity contribution in [2.75, 3.05) is 11.9 Å². The monoisotopic (exact) mass is 272 g/mol. The SMILES string of the molecule is CCNc1c2c(nc3c(C)ccc(F)c13)CCCCC2. The second-order valence-electron chi connectivity index (χ2n) is 5.59. The van der Waals surface area contributed by atoms with Crippen molar-refractivity contribution in [2.24, 2.45) is 0 Å². The maximum atomic E-state index is 14.3. The van der Waals surface area contributed by atoms with Crippen molar-refractivity contribution in [3.05, 3.63) is 34.8 Å². The van der Waals surface area contributed by atoms with E-state index in [1.807, 2.05) is 13.0 Å². The number of hydrogen-bond donors (Lipinski definition) is 1. The minimum atomic E-state index is -0.166. The van der Waals surface area contributed by atoms with E-state index in [1.165, 1.54) is 30.5 Å². The summed E-state index contributed by atoms with van der Waals surface area (Å²) in [5.74, 6) is -0.166. The molecule has 20 heavy (non-hydrogen) atoms. The van der Waals surface area contributed by atoms with Gasteiger partial charge in [-0.15, -0.1) is 0 Å². The normalized spacial score (nSPS) is 14.9. The Bertz CT molecular complexity index is 649. The number of halogens is 1. The number of hydrogen-bond acceptors (Lipinski definition) is 2. The van der Waals surface area contributed by atoms with Crippen LogP contribution in [0.5, 0.6) is 0 Å². The van der Waals surface area contributed by atoms with Gasteiger partial charge in [0.05, 0.1) is 16.6 Å². The maximum Gasteiger partial charge on any atom is 0.134 e. The Morgan fingerprint density at radius 1 is 1.20 bits per heavy atom. The molecule has 0 unspecified atom stereocenters. The second kappa shape index (κ2) is 5.39. The molecule has 2 aromatic rings. The fourth-order valence-corrected chi connectivity index (χ4v) is 3.17. The van der Waals surface area contributed by atoms with Crippen molar-refractivity contribution < 1.29 is 4.39 Å². The van der Waals surface area contributed by atoms with Crippen LogP contribution in [0.2, 0.25) is 0 Å². The fraction of sp³-hybridized carbons (Fsp3) is 0.471. The van der Waals surface area contributed by atoms with Gasteiger partial charge in [0.25, 0.3) is 0 Å². The molecule has 0 bridgehead atoms. The average Bonchev–Trinajstić information content (AvgIpc) is 2.68. The van der Waals surface area contributed by atoms with Crippen molar-refractivity contribution >= 4 is 16.6 Å². The summed E-state index contributed by atoms with van der Waals surface area (Å²) in [5.41, 5.74) is 5.26. The lowest BCUT2D eigenvalue weighted by atomic mass is 9.99. The van der Waals surface area contributed by atoms with E-state index in [9.17, 15) is 4.39 Å². The molecular weight excluding hydrogens is 251 g/mol. The molecule has 2 nitrogen and oxygen atoms in total. The Balaban J connectivity index is 2.36. The predicted octanol–water partition coefficient (Wildman–Crippen LogP) is 4.38. The van der Waals surface area contributed by atoms with Crippen molar-refractivity contribution in [3.8, 4) is 0 Å². The highest BCUT2D eigenvalue weighted by atomic mass is 19.1. The molecule has 0 saturated carbocycles. The molecule has 0 saturated heterocycles. The Labute approximate surface area is 119 Å². The third kappa shape index (κ3) is 2.15. The van der Waals surface area contributed by atoms with E-state index in [4.69, 9.17) is 4.98 Å². The molecule has 0 spiro atoms. The van der Waals surface area contributed by atoms with Gasteiger partial charge < -0.3 is 5.32 Å². The molecule has 3 heteroatoms. The minimum Gasteiger partial charge on any atom is -0.384 e. The lowest BCUT2D eigenvalue weighted by Crippen LogP contribution is -2.08. The maximum absolute atomic E-state index is 14.3. The summed E-state index contributed by atoms with van der Waals surface area (Å²) < 4.78 is 14.3. The molecule has 0 fully saturated rings. The largest absolute Gasteiger partial charge is 0.384 e. The molecule has 3 rings (SSSR count). The van der Waals surface area contributed by atoms with Gasteiger partial charge in [-0.25, -0.2) is 4.39 Å². The highest BCUT2D eigenvalue weighted by Crippen LogP contribution is 2.35. The van der Waals surface area contributed by atoms with Gasteiger partial charge in [0.2, 0.25) is 0 Å². The zero-order chi connectivity index (χ0) is 14.1. The van der Waals surface area contributed by atoms with Crippen molar-refractivity contribution in [2.45, 2.75) is 46.0 Å². The molecule has 1 aliphatic rings. The van der Waals surface area contributed by atoms with Gasteiger partial charge in [-0.1, -0.05) is 12.5 Å². The molecule has 0 amide bonds. The van der Waals surface area contributed by atoms with Crippen molar-refractivity contribution in [1.82, 2.24) is 4.98 Å².